The quantitative estimate of drug-likeness (QED) is 0.532. The average Bonchev–Trinajstić information content (AvgIpc) is 2.45. The monoisotopic (exact) mass is 298 g/mol. The van der Waals surface area contributed by atoms with Crippen molar-refractivity contribution in [3.8, 4) is 0 Å². The lowest BCUT2D eigenvalue weighted by atomic mass is 10.1. The summed E-state index contributed by atoms with van der Waals surface area (Å²) in [6.07, 6.45) is 1.08. The topological polar surface area (TPSA) is 70.4 Å². The fraction of sp³-hybridized carbons (Fsp3) is 0.500. The van der Waals surface area contributed by atoms with Crippen LogP contribution >= 0.6 is 11.6 Å². The molecule has 0 aliphatic carbocycles. The third-order valence-corrected chi connectivity index (χ3v) is 3.71. The number of carbonyl (C=O) groups is 1. The minimum Gasteiger partial charge on any atom is -0.351 e. The molecule has 112 valence electrons. The normalized spacial score (nSPS) is 12.3. The maximum atomic E-state index is 12.1. The molecular formula is C14H23ClN4O. The zero-order valence-corrected chi connectivity index (χ0v) is 13.0. The van der Waals surface area contributed by atoms with Crippen LogP contribution in [0.1, 0.15) is 30.6 Å². The number of halogens is 1. The third-order valence-electron chi connectivity index (χ3n) is 3.48. The van der Waals surface area contributed by atoms with Crippen LogP contribution in [0.4, 0.5) is 5.69 Å². The van der Waals surface area contributed by atoms with Crippen LogP contribution in [0, 0.1) is 0 Å². The van der Waals surface area contributed by atoms with Gasteiger partial charge in [-0.15, -0.1) is 0 Å². The van der Waals surface area contributed by atoms with Gasteiger partial charge in [-0.05, 0) is 38.6 Å². The molecule has 0 radical (unpaired) electrons. The van der Waals surface area contributed by atoms with Crippen LogP contribution in [0.25, 0.3) is 0 Å². The second-order valence-electron chi connectivity index (χ2n) is 4.83. The van der Waals surface area contributed by atoms with Crippen molar-refractivity contribution < 1.29 is 4.79 Å². The number of hydrazine groups is 1. The largest absolute Gasteiger partial charge is 0.351 e. The van der Waals surface area contributed by atoms with E-state index in [0.717, 1.165) is 13.0 Å². The highest BCUT2D eigenvalue weighted by molar-refractivity contribution is 6.31. The number of rotatable bonds is 7. The summed E-state index contributed by atoms with van der Waals surface area (Å²) in [5.41, 5.74) is 3.51. The first kappa shape index (κ1) is 16.8. The third kappa shape index (κ3) is 4.67. The molecule has 0 spiro atoms. The first-order valence-electron chi connectivity index (χ1n) is 6.74. The van der Waals surface area contributed by atoms with Crippen molar-refractivity contribution in [2.24, 2.45) is 5.84 Å². The summed E-state index contributed by atoms with van der Waals surface area (Å²) < 4.78 is 0. The van der Waals surface area contributed by atoms with Crippen LogP contribution < -0.4 is 16.6 Å². The zero-order chi connectivity index (χ0) is 15.1. The molecule has 20 heavy (non-hydrogen) atoms. The number of anilines is 1. The fourth-order valence-corrected chi connectivity index (χ4v) is 1.98. The number of hydrogen-bond donors (Lipinski definition) is 3. The van der Waals surface area contributed by atoms with Crippen LogP contribution in [0.15, 0.2) is 18.2 Å². The lowest BCUT2D eigenvalue weighted by Gasteiger charge is -2.23. The Balaban J connectivity index is 2.57. The van der Waals surface area contributed by atoms with E-state index in [0.29, 0.717) is 28.9 Å². The van der Waals surface area contributed by atoms with Crippen molar-refractivity contribution in [1.29, 1.82) is 0 Å². The van der Waals surface area contributed by atoms with Crippen molar-refractivity contribution in [2.75, 3.05) is 25.6 Å². The highest BCUT2D eigenvalue weighted by Gasteiger charge is 2.12. The predicted octanol–water partition coefficient (Wildman–Crippen LogP) is 2.09. The van der Waals surface area contributed by atoms with Gasteiger partial charge in [0.25, 0.3) is 5.91 Å². The van der Waals surface area contributed by atoms with E-state index in [2.05, 4.69) is 29.5 Å². The van der Waals surface area contributed by atoms with Crippen LogP contribution in [-0.2, 0) is 0 Å². The van der Waals surface area contributed by atoms with E-state index in [9.17, 15) is 4.79 Å². The summed E-state index contributed by atoms with van der Waals surface area (Å²) in [6.45, 7) is 5.68. The van der Waals surface area contributed by atoms with Gasteiger partial charge in [-0.25, -0.2) is 0 Å². The molecule has 5 nitrogen and oxygen atoms in total. The van der Waals surface area contributed by atoms with E-state index in [4.69, 9.17) is 17.4 Å². The number of likely N-dealkylation sites (N-methyl/N-ethyl adjacent to an activating group) is 1. The highest BCUT2D eigenvalue weighted by atomic mass is 35.5. The molecule has 1 amide bonds. The number of carbonyl (C=O) groups excluding carboxylic acids is 1. The Morgan fingerprint density at radius 2 is 2.20 bits per heavy atom. The molecule has 1 aromatic rings. The molecule has 4 N–H and O–H groups in total. The van der Waals surface area contributed by atoms with Crippen molar-refractivity contribution in [2.45, 2.75) is 26.3 Å². The standard InChI is InChI=1S/C14H23ClN4O/c1-4-10(2)19(3)8-7-17-14(20)12-9-11(15)5-6-13(12)18-16/h5-6,9-10,18H,4,7-8,16H2,1-3H3,(H,17,20). The predicted molar refractivity (Wildman–Crippen MR) is 84.0 cm³/mol. The van der Waals surface area contributed by atoms with E-state index < -0.39 is 0 Å². The Bertz CT molecular complexity index is 453. The molecule has 1 rings (SSSR count). The van der Waals surface area contributed by atoms with Gasteiger partial charge in [-0.3, -0.25) is 10.6 Å². The smallest absolute Gasteiger partial charge is 0.253 e. The molecule has 0 bridgehead atoms. The van der Waals surface area contributed by atoms with Gasteiger partial charge >= 0.3 is 0 Å². The fourth-order valence-electron chi connectivity index (χ4n) is 1.80. The van der Waals surface area contributed by atoms with Crippen molar-refractivity contribution >= 4 is 23.2 Å². The number of nitrogens with two attached hydrogens (primary N) is 1. The van der Waals surface area contributed by atoms with Crippen LogP contribution in [0.3, 0.4) is 0 Å². The van der Waals surface area contributed by atoms with Crippen molar-refractivity contribution in [1.82, 2.24) is 10.2 Å². The number of amides is 1. The Hall–Kier alpha value is -1.30. The highest BCUT2D eigenvalue weighted by Crippen LogP contribution is 2.19. The van der Waals surface area contributed by atoms with Gasteiger partial charge in [0.05, 0.1) is 11.3 Å². The Morgan fingerprint density at radius 3 is 2.80 bits per heavy atom. The zero-order valence-electron chi connectivity index (χ0n) is 12.2. The summed E-state index contributed by atoms with van der Waals surface area (Å²) in [7, 11) is 2.05. The first-order valence-corrected chi connectivity index (χ1v) is 7.12. The maximum Gasteiger partial charge on any atom is 0.253 e. The number of benzene rings is 1. The van der Waals surface area contributed by atoms with Gasteiger partial charge < -0.3 is 15.6 Å². The molecule has 0 aliphatic heterocycles. The van der Waals surface area contributed by atoms with E-state index in [1.54, 1.807) is 18.2 Å². The van der Waals surface area contributed by atoms with Gasteiger partial charge in [0, 0.05) is 24.2 Å². The lowest BCUT2D eigenvalue weighted by Crippen LogP contribution is -2.37. The Labute approximate surface area is 125 Å². The number of nitrogens with zero attached hydrogens (tertiary/aromatic N) is 1. The average molecular weight is 299 g/mol. The summed E-state index contributed by atoms with van der Waals surface area (Å²) >= 11 is 5.91. The molecule has 1 aromatic carbocycles. The van der Waals surface area contributed by atoms with Gasteiger partial charge in [0.1, 0.15) is 0 Å². The van der Waals surface area contributed by atoms with E-state index >= 15 is 0 Å². The van der Waals surface area contributed by atoms with Gasteiger partial charge in [-0.1, -0.05) is 18.5 Å². The summed E-state index contributed by atoms with van der Waals surface area (Å²) in [6, 6.07) is 5.47. The first-order chi connectivity index (χ1) is 9.49. The number of nitrogen functional groups attached to an aromatic ring is 1. The Morgan fingerprint density at radius 1 is 1.50 bits per heavy atom. The molecule has 1 unspecified atom stereocenters. The molecule has 0 heterocycles. The van der Waals surface area contributed by atoms with Crippen LogP contribution in [0.2, 0.25) is 5.02 Å². The van der Waals surface area contributed by atoms with E-state index in [-0.39, 0.29) is 5.91 Å². The van der Waals surface area contributed by atoms with Crippen molar-refractivity contribution in [3.63, 3.8) is 0 Å². The second-order valence-corrected chi connectivity index (χ2v) is 5.26. The summed E-state index contributed by atoms with van der Waals surface area (Å²) in [4.78, 5) is 14.3. The summed E-state index contributed by atoms with van der Waals surface area (Å²) in [5.74, 6) is 5.21. The molecule has 0 saturated carbocycles. The van der Waals surface area contributed by atoms with Crippen molar-refractivity contribution in [3.05, 3.63) is 28.8 Å². The molecule has 1 atom stereocenters. The second kappa shape index (κ2) is 8.09. The number of nitrogens with one attached hydrogen (secondary N) is 2. The molecular weight excluding hydrogens is 276 g/mol. The summed E-state index contributed by atoms with van der Waals surface area (Å²) in [5, 5.41) is 3.38. The van der Waals surface area contributed by atoms with Gasteiger partial charge in [0.15, 0.2) is 0 Å². The minimum atomic E-state index is -0.182. The van der Waals surface area contributed by atoms with Crippen LogP contribution in [0.5, 0.6) is 0 Å². The molecule has 6 heteroatoms. The van der Waals surface area contributed by atoms with Gasteiger partial charge in [0.2, 0.25) is 0 Å². The molecule has 0 saturated heterocycles. The molecule has 0 aliphatic rings. The van der Waals surface area contributed by atoms with Gasteiger partial charge in [-0.2, -0.15) is 0 Å². The maximum absolute atomic E-state index is 12.1. The lowest BCUT2D eigenvalue weighted by molar-refractivity contribution is 0.0948. The minimum absolute atomic E-state index is 0.182. The molecule has 0 aromatic heterocycles. The SMILES string of the molecule is CCC(C)N(C)CCNC(=O)c1cc(Cl)ccc1NN. The number of hydrogen-bond acceptors (Lipinski definition) is 4. The van der Waals surface area contributed by atoms with E-state index in [1.165, 1.54) is 0 Å². The Kier molecular flexibility index (Phi) is 6.78. The van der Waals surface area contributed by atoms with E-state index in [1.807, 2.05) is 7.05 Å². The van der Waals surface area contributed by atoms with Crippen LogP contribution in [-0.4, -0.2) is 37.0 Å². The molecule has 0 fully saturated rings.